The van der Waals surface area contributed by atoms with Crippen LogP contribution < -0.4 is 5.32 Å². The number of hydrogen-bond donors (Lipinski definition) is 1. The highest BCUT2D eigenvalue weighted by Gasteiger charge is 2.21. The van der Waals surface area contributed by atoms with Gasteiger partial charge < -0.3 is 20.0 Å². The van der Waals surface area contributed by atoms with Crippen LogP contribution in [-0.2, 0) is 11.8 Å². The minimum Gasteiger partial charge on any atom is -0.358 e. The number of imidazole rings is 1. The molecule has 2 aromatic rings. The maximum absolute atomic E-state index is 11.0. The predicted octanol–water partition coefficient (Wildman–Crippen LogP) is 2.44. The average Bonchev–Trinajstić information content (AvgIpc) is 2.71. The van der Waals surface area contributed by atoms with Gasteiger partial charge in [0.25, 0.3) is 0 Å². The lowest BCUT2D eigenvalue weighted by atomic mass is 10.3. The Balaban J connectivity index is 2.28. The number of nitrogens with zero attached hydrogens (tertiary/aromatic N) is 3. The number of rotatable bonds is 4. The Morgan fingerprint density at radius 1 is 1.50 bits per heavy atom. The van der Waals surface area contributed by atoms with Crippen molar-refractivity contribution < 1.29 is 9.72 Å². The van der Waals surface area contributed by atoms with E-state index in [1.807, 2.05) is 6.07 Å². The lowest BCUT2D eigenvalue weighted by Crippen LogP contribution is -2.05. The fraction of sp³-hybridized carbons (Fsp3) is 0.167. The van der Waals surface area contributed by atoms with Gasteiger partial charge in [-0.05, 0) is 28.1 Å². The van der Waals surface area contributed by atoms with Crippen LogP contribution in [-0.4, -0.2) is 20.4 Å². The Kier molecular flexibility index (Phi) is 4.04. The highest BCUT2D eigenvalue weighted by molar-refractivity contribution is 7.99. The molecule has 0 unspecified atom stereocenters. The van der Waals surface area contributed by atoms with Crippen LogP contribution in [0.5, 0.6) is 0 Å². The zero-order valence-corrected chi connectivity index (χ0v) is 11.7. The summed E-state index contributed by atoms with van der Waals surface area (Å²) < 4.78 is 1.59. The lowest BCUT2D eigenvalue weighted by Gasteiger charge is -2.05. The number of carbonyl (C=O) groups is 1. The van der Waals surface area contributed by atoms with E-state index in [1.54, 1.807) is 29.8 Å². The van der Waals surface area contributed by atoms with Gasteiger partial charge in [-0.1, -0.05) is 17.8 Å². The molecule has 1 heterocycles. The Bertz CT molecular complexity index is 668. The fourth-order valence-electron chi connectivity index (χ4n) is 1.60. The molecule has 0 aliphatic carbocycles. The van der Waals surface area contributed by atoms with Crippen LogP contribution in [0.1, 0.15) is 6.92 Å². The summed E-state index contributed by atoms with van der Waals surface area (Å²) in [6.07, 6.45) is 1.40. The van der Waals surface area contributed by atoms with Crippen LogP contribution in [0.15, 0.2) is 40.5 Å². The summed E-state index contributed by atoms with van der Waals surface area (Å²) in [6.45, 7) is 1.42. The van der Waals surface area contributed by atoms with Gasteiger partial charge in [0, 0.05) is 24.6 Å². The highest BCUT2D eigenvalue weighted by atomic mass is 32.2. The van der Waals surface area contributed by atoms with E-state index in [1.165, 1.54) is 25.0 Å². The molecule has 0 fully saturated rings. The third-order valence-corrected chi connectivity index (χ3v) is 3.56. The number of nitro groups is 1. The lowest BCUT2D eigenvalue weighted by molar-refractivity contribution is -0.392. The van der Waals surface area contributed by atoms with Crippen molar-refractivity contribution in [3.8, 4) is 0 Å². The molecule has 1 amide bonds. The largest absolute Gasteiger partial charge is 0.396 e. The Morgan fingerprint density at radius 2 is 2.25 bits per heavy atom. The van der Waals surface area contributed by atoms with Crippen molar-refractivity contribution in [3.63, 3.8) is 0 Å². The van der Waals surface area contributed by atoms with E-state index in [0.717, 1.165) is 4.90 Å². The highest BCUT2D eigenvalue weighted by Crippen LogP contribution is 2.34. The molecule has 2 rings (SSSR count). The molecular weight excluding hydrogens is 280 g/mol. The molecule has 0 radical (unpaired) electrons. The molecule has 1 aromatic heterocycles. The van der Waals surface area contributed by atoms with E-state index in [2.05, 4.69) is 10.3 Å². The van der Waals surface area contributed by atoms with Crippen molar-refractivity contribution in [1.29, 1.82) is 0 Å². The summed E-state index contributed by atoms with van der Waals surface area (Å²) in [5, 5.41) is 14.0. The molecule has 0 aliphatic heterocycles. The molecule has 0 aliphatic rings. The van der Waals surface area contributed by atoms with Gasteiger partial charge in [-0.15, -0.1) is 0 Å². The maximum Gasteiger partial charge on any atom is 0.396 e. The number of hydrogen-bond acceptors (Lipinski definition) is 5. The quantitative estimate of drug-likeness (QED) is 0.690. The summed E-state index contributed by atoms with van der Waals surface area (Å²) in [4.78, 5) is 25.9. The van der Waals surface area contributed by atoms with Gasteiger partial charge in [0.15, 0.2) is 5.03 Å². The van der Waals surface area contributed by atoms with Crippen molar-refractivity contribution in [3.05, 3.63) is 40.7 Å². The molecule has 20 heavy (non-hydrogen) atoms. The number of aromatic nitrogens is 2. The van der Waals surface area contributed by atoms with Crippen LogP contribution in [0.25, 0.3) is 0 Å². The van der Waals surface area contributed by atoms with Crippen LogP contribution in [0.2, 0.25) is 0 Å². The van der Waals surface area contributed by atoms with Gasteiger partial charge in [-0.25, -0.2) is 0 Å². The van der Waals surface area contributed by atoms with Gasteiger partial charge in [0.2, 0.25) is 12.2 Å². The van der Waals surface area contributed by atoms with E-state index in [9.17, 15) is 14.9 Å². The molecule has 0 bridgehead atoms. The zero-order chi connectivity index (χ0) is 14.7. The van der Waals surface area contributed by atoms with Gasteiger partial charge in [0.05, 0.1) is 0 Å². The van der Waals surface area contributed by atoms with Gasteiger partial charge in [0.1, 0.15) is 0 Å². The standard InChI is InChI=1S/C12H12N4O3S/c1-8(17)14-9-4-3-5-10(6-9)20-12-11(16(18)19)13-7-15(12)2/h3-7H,1-2H3,(H,14,17). The Morgan fingerprint density at radius 3 is 2.90 bits per heavy atom. The molecule has 1 aromatic carbocycles. The molecule has 0 spiro atoms. The zero-order valence-electron chi connectivity index (χ0n) is 10.9. The van der Waals surface area contributed by atoms with Crippen molar-refractivity contribution >= 4 is 29.2 Å². The summed E-state index contributed by atoms with van der Waals surface area (Å²) in [5.74, 6) is -0.346. The second kappa shape index (κ2) is 5.74. The van der Waals surface area contributed by atoms with Crippen molar-refractivity contribution in [2.24, 2.45) is 7.05 Å². The number of carbonyl (C=O) groups excluding carboxylic acids is 1. The van der Waals surface area contributed by atoms with Gasteiger partial charge >= 0.3 is 5.82 Å². The summed E-state index contributed by atoms with van der Waals surface area (Å²) in [6, 6.07) is 7.09. The van der Waals surface area contributed by atoms with Gasteiger partial charge in [-0.2, -0.15) is 0 Å². The minimum atomic E-state index is -0.514. The Labute approximate surface area is 119 Å². The number of benzene rings is 1. The average molecular weight is 292 g/mol. The third kappa shape index (κ3) is 3.15. The van der Waals surface area contributed by atoms with Crippen molar-refractivity contribution in [2.75, 3.05) is 5.32 Å². The van der Waals surface area contributed by atoms with E-state index in [-0.39, 0.29) is 11.7 Å². The molecule has 0 atom stereocenters. The van der Waals surface area contributed by atoms with E-state index < -0.39 is 4.92 Å². The van der Waals surface area contributed by atoms with Gasteiger partial charge in [-0.3, -0.25) is 4.79 Å². The molecule has 0 saturated carbocycles. The molecule has 0 saturated heterocycles. The summed E-state index contributed by atoms with van der Waals surface area (Å²) in [7, 11) is 1.69. The Hall–Kier alpha value is -2.35. The molecule has 8 heteroatoms. The first-order valence-electron chi connectivity index (χ1n) is 5.68. The molecule has 104 valence electrons. The van der Waals surface area contributed by atoms with Crippen LogP contribution in [0.3, 0.4) is 0 Å². The number of anilines is 1. The number of amides is 1. The number of aryl methyl sites for hydroxylation is 1. The maximum atomic E-state index is 11.0. The van der Waals surface area contributed by atoms with E-state index in [4.69, 9.17) is 0 Å². The second-order valence-corrected chi connectivity index (χ2v) is 5.11. The van der Waals surface area contributed by atoms with Crippen molar-refractivity contribution in [1.82, 2.24) is 9.55 Å². The summed E-state index contributed by atoms with van der Waals surface area (Å²) >= 11 is 1.22. The van der Waals surface area contributed by atoms with E-state index >= 15 is 0 Å². The van der Waals surface area contributed by atoms with Crippen LogP contribution >= 0.6 is 11.8 Å². The SMILES string of the molecule is CC(=O)Nc1cccc(Sc2c([N+](=O)[O-])ncn2C)c1. The first-order chi connectivity index (χ1) is 9.47. The first-order valence-corrected chi connectivity index (χ1v) is 6.50. The molecule has 1 N–H and O–H groups in total. The van der Waals surface area contributed by atoms with Crippen LogP contribution in [0, 0.1) is 10.1 Å². The third-order valence-electron chi connectivity index (χ3n) is 2.41. The van der Waals surface area contributed by atoms with Crippen molar-refractivity contribution in [2.45, 2.75) is 16.8 Å². The topological polar surface area (TPSA) is 90.1 Å². The fourth-order valence-corrected chi connectivity index (χ4v) is 2.57. The molecule has 7 nitrogen and oxygen atoms in total. The minimum absolute atomic E-state index is 0.168. The normalized spacial score (nSPS) is 10.3. The smallest absolute Gasteiger partial charge is 0.358 e. The molecular formula is C12H12N4O3S. The monoisotopic (exact) mass is 292 g/mol. The second-order valence-electron chi connectivity index (χ2n) is 4.05. The first kappa shape index (κ1) is 14.1. The predicted molar refractivity (Wildman–Crippen MR) is 74.7 cm³/mol. The van der Waals surface area contributed by atoms with Crippen LogP contribution in [0.4, 0.5) is 11.5 Å². The summed E-state index contributed by atoms with van der Waals surface area (Å²) in [5.41, 5.74) is 0.646. The van der Waals surface area contributed by atoms with E-state index in [0.29, 0.717) is 10.7 Å². The number of nitrogens with one attached hydrogen (secondary N) is 1.